The molecule has 0 spiro atoms. The van der Waals surface area contributed by atoms with Crippen LogP contribution in [0.4, 0.5) is 0 Å². The summed E-state index contributed by atoms with van der Waals surface area (Å²) in [6, 6.07) is 0. The molecule has 6 N–H and O–H groups in total. The molecule has 0 saturated carbocycles. The van der Waals surface area contributed by atoms with E-state index in [2.05, 4.69) is 0 Å². The second-order valence-corrected chi connectivity index (χ2v) is 4.97. The fraction of sp³-hybridized carbons (Fsp3) is 0.833. The Morgan fingerprint density at radius 1 is 0.905 bits per heavy atom. The van der Waals surface area contributed by atoms with Gasteiger partial charge in [-0.05, 0) is 6.08 Å². The average molecular weight is 308 g/mol. The predicted molar refractivity (Wildman–Crippen MR) is 65.7 cm³/mol. The highest BCUT2D eigenvalue weighted by Crippen LogP contribution is 2.26. The lowest BCUT2D eigenvalue weighted by Gasteiger charge is -2.42. The summed E-state index contributed by atoms with van der Waals surface area (Å²) in [5.74, 6) is 0. The zero-order chi connectivity index (χ0) is 15.6. The van der Waals surface area contributed by atoms with E-state index in [0.717, 1.165) is 0 Å². The van der Waals surface area contributed by atoms with Gasteiger partial charge in [-0.3, -0.25) is 0 Å². The number of hydrogen-bond acceptors (Lipinski definition) is 9. The van der Waals surface area contributed by atoms with Crippen molar-refractivity contribution in [1.29, 1.82) is 0 Å². The molecule has 2 rings (SSSR count). The summed E-state index contributed by atoms with van der Waals surface area (Å²) in [7, 11) is 0. The van der Waals surface area contributed by atoms with Gasteiger partial charge < -0.3 is 44.8 Å². The van der Waals surface area contributed by atoms with Crippen LogP contribution in [0.3, 0.4) is 0 Å². The van der Waals surface area contributed by atoms with Crippen LogP contribution in [0.15, 0.2) is 12.3 Å². The summed E-state index contributed by atoms with van der Waals surface area (Å²) in [5, 5.41) is 57.3. The summed E-state index contributed by atoms with van der Waals surface area (Å²) in [5.41, 5.74) is 0. The fourth-order valence-corrected chi connectivity index (χ4v) is 2.28. The first-order valence-corrected chi connectivity index (χ1v) is 6.56. The molecule has 1 fully saturated rings. The van der Waals surface area contributed by atoms with E-state index in [1.54, 1.807) is 0 Å². The molecule has 0 radical (unpaired) electrons. The first-order chi connectivity index (χ1) is 9.99. The second-order valence-electron chi connectivity index (χ2n) is 4.97. The molecule has 0 aromatic heterocycles. The maximum atomic E-state index is 9.85. The van der Waals surface area contributed by atoms with Crippen LogP contribution in [-0.4, -0.2) is 92.9 Å². The molecule has 2 aliphatic heterocycles. The van der Waals surface area contributed by atoms with E-state index >= 15 is 0 Å². The van der Waals surface area contributed by atoms with Crippen molar-refractivity contribution in [3.63, 3.8) is 0 Å². The van der Waals surface area contributed by atoms with Crippen molar-refractivity contribution in [2.24, 2.45) is 0 Å². The largest absolute Gasteiger partial charge is 0.493 e. The summed E-state index contributed by atoms with van der Waals surface area (Å²) in [6.45, 7) is -1.03. The molecular formula is C12H20O9. The van der Waals surface area contributed by atoms with E-state index in [4.69, 9.17) is 19.3 Å². The molecule has 0 aromatic rings. The third kappa shape index (κ3) is 3.35. The molecule has 0 amide bonds. The first-order valence-electron chi connectivity index (χ1n) is 6.56. The molecule has 0 bridgehead atoms. The molecular weight excluding hydrogens is 288 g/mol. The van der Waals surface area contributed by atoms with Gasteiger partial charge in [0.2, 0.25) is 0 Å². The summed E-state index contributed by atoms with van der Waals surface area (Å²) >= 11 is 0. The molecule has 9 nitrogen and oxygen atoms in total. The van der Waals surface area contributed by atoms with Gasteiger partial charge in [-0.25, -0.2) is 0 Å². The molecule has 0 aliphatic carbocycles. The Hall–Kier alpha value is -0.780. The van der Waals surface area contributed by atoms with Crippen LogP contribution in [0.5, 0.6) is 0 Å². The minimum absolute atomic E-state index is 0.441. The van der Waals surface area contributed by atoms with E-state index in [0.29, 0.717) is 0 Å². The standard InChI is InChI=1S/C12H20O9/c13-3-6-8(16)9(17)10(18)12(20-6)21-11-5(15)1-2-19-7(11)4-14/h1-2,5-18H,3-4H2. The highest BCUT2D eigenvalue weighted by Gasteiger charge is 2.46. The topological polar surface area (TPSA) is 149 Å². The van der Waals surface area contributed by atoms with Crippen LogP contribution in [0.2, 0.25) is 0 Å². The Labute approximate surface area is 120 Å². The Bertz CT molecular complexity index is 361. The van der Waals surface area contributed by atoms with Crippen LogP contribution in [0.1, 0.15) is 0 Å². The summed E-state index contributed by atoms with van der Waals surface area (Å²) in [6.07, 6.45) is -7.68. The number of ether oxygens (including phenoxy) is 3. The van der Waals surface area contributed by atoms with Crippen molar-refractivity contribution in [2.45, 2.75) is 49.0 Å². The van der Waals surface area contributed by atoms with E-state index in [1.807, 2.05) is 0 Å². The molecule has 122 valence electrons. The minimum atomic E-state index is -1.58. The highest BCUT2D eigenvalue weighted by molar-refractivity contribution is 4.99. The van der Waals surface area contributed by atoms with Crippen molar-refractivity contribution in [3.8, 4) is 0 Å². The molecule has 2 aliphatic rings. The third-order valence-electron chi connectivity index (χ3n) is 3.55. The van der Waals surface area contributed by atoms with Gasteiger partial charge in [-0.15, -0.1) is 0 Å². The highest BCUT2D eigenvalue weighted by atomic mass is 16.7. The maximum absolute atomic E-state index is 9.85. The predicted octanol–water partition coefficient (Wildman–Crippen LogP) is -3.56. The molecule has 21 heavy (non-hydrogen) atoms. The monoisotopic (exact) mass is 308 g/mol. The van der Waals surface area contributed by atoms with Gasteiger partial charge in [0.05, 0.1) is 19.5 Å². The van der Waals surface area contributed by atoms with Gasteiger partial charge in [0.15, 0.2) is 6.29 Å². The Balaban J connectivity index is 2.08. The number of hydrogen-bond donors (Lipinski definition) is 6. The molecule has 1 saturated heterocycles. The normalized spacial score (nSPS) is 47.1. The number of aliphatic hydroxyl groups excluding tert-OH is 6. The summed E-state index contributed by atoms with van der Waals surface area (Å²) < 4.78 is 15.6. The second kappa shape index (κ2) is 6.99. The number of rotatable bonds is 4. The molecule has 2 heterocycles. The molecule has 8 unspecified atom stereocenters. The van der Waals surface area contributed by atoms with E-state index < -0.39 is 62.2 Å². The van der Waals surface area contributed by atoms with Crippen molar-refractivity contribution < 1.29 is 44.8 Å². The van der Waals surface area contributed by atoms with Crippen molar-refractivity contribution in [3.05, 3.63) is 12.3 Å². The maximum Gasteiger partial charge on any atom is 0.187 e. The molecule has 0 aromatic carbocycles. The van der Waals surface area contributed by atoms with Gasteiger partial charge in [-0.1, -0.05) is 0 Å². The van der Waals surface area contributed by atoms with Gasteiger partial charge in [-0.2, -0.15) is 0 Å². The van der Waals surface area contributed by atoms with Crippen LogP contribution in [0.25, 0.3) is 0 Å². The average Bonchev–Trinajstić information content (AvgIpc) is 2.49. The van der Waals surface area contributed by atoms with Crippen molar-refractivity contribution in [2.75, 3.05) is 13.2 Å². The first kappa shape index (κ1) is 16.6. The van der Waals surface area contributed by atoms with Crippen LogP contribution < -0.4 is 0 Å². The SMILES string of the molecule is OCC1OC(OC2C(O)C=COC2CO)C(O)C(O)C1O. The zero-order valence-electron chi connectivity index (χ0n) is 11.1. The van der Waals surface area contributed by atoms with Gasteiger partial charge in [0.25, 0.3) is 0 Å². The van der Waals surface area contributed by atoms with Crippen molar-refractivity contribution >= 4 is 0 Å². The van der Waals surface area contributed by atoms with E-state index in [9.17, 15) is 25.5 Å². The Kier molecular flexibility index (Phi) is 5.52. The molecule has 9 heteroatoms. The summed E-state index contributed by atoms with van der Waals surface area (Å²) in [4.78, 5) is 0. The zero-order valence-corrected chi connectivity index (χ0v) is 11.1. The van der Waals surface area contributed by atoms with Gasteiger partial charge in [0.1, 0.15) is 42.7 Å². The van der Waals surface area contributed by atoms with Gasteiger partial charge >= 0.3 is 0 Å². The van der Waals surface area contributed by atoms with Crippen molar-refractivity contribution in [1.82, 2.24) is 0 Å². The lowest BCUT2D eigenvalue weighted by Crippen LogP contribution is -2.61. The smallest absolute Gasteiger partial charge is 0.187 e. The Morgan fingerprint density at radius 3 is 2.19 bits per heavy atom. The lowest BCUT2D eigenvalue weighted by atomic mass is 9.99. The third-order valence-corrected chi connectivity index (χ3v) is 3.55. The van der Waals surface area contributed by atoms with Crippen LogP contribution in [-0.2, 0) is 14.2 Å². The van der Waals surface area contributed by atoms with E-state index in [-0.39, 0.29) is 0 Å². The van der Waals surface area contributed by atoms with Crippen LogP contribution in [0, 0.1) is 0 Å². The van der Waals surface area contributed by atoms with Crippen LogP contribution >= 0.6 is 0 Å². The molecule has 8 atom stereocenters. The lowest BCUT2D eigenvalue weighted by molar-refractivity contribution is -0.324. The van der Waals surface area contributed by atoms with Gasteiger partial charge in [0, 0.05) is 0 Å². The number of aliphatic hydroxyl groups is 6. The Morgan fingerprint density at radius 2 is 1.57 bits per heavy atom. The fourth-order valence-electron chi connectivity index (χ4n) is 2.28. The minimum Gasteiger partial charge on any atom is -0.493 e. The van der Waals surface area contributed by atoms with E-state index in [1.165, 1.54) is 12.3 Å². The quantitative estimate of drug-likeness (QED) is 0.310.